The summed E-state index contributed by atoms with van der Waals surface area (Å²) in [6.07, 6.45) is 3.78. The second-order valence-electron chi connectivity index (χ2n) is 5.06. The van der Waals surface area contributed by atoms with Gasteiger partial charge in [0.1, 0.15) is 0 Å². The van der Waals surface area contributed by atoms with E-state index in [2.05, 4.69) is 76.6 Å². The maximum absolute atomic E-state index is 3.94. The van der Waals surface area contributed by atoms with Crippen LogP contribution < -0.4 is 0 Å². The van der Waals surface area contributed by atoms with Crippen LogP contribution in [-0.4, -0.2) is 4.83 Å². The first-order chi connectivity index (χ1) is 8.84. The van der Waals surface area contributed by atoms with Gasteiger partial charge in [0.2, 0.25) is 0 Å². The summed E-state index contributed by atoms with van der Waals surface area (Å²) < 4.78 is 0. The monoisotopic (exact) mass is 300 g/mol. The Morgan fingerprint density at radius 2 is 1.33 bits per heavy atom. The van der Waals surface area contributed by atoms with Crippen LogP contribution in [0.2, 0.25) is 0 Å². The summed E-state index contributed by atoms with van der Waals surface area (Å²) in [5.74, 6) is 0. The fraction of sp³-hybridized carbons (Fsp3) is 0.294. The minimum Gasteiger partial charge on any atom is -0.0877 e. The van der Waals surface area contributed by atoms with Gasteiger partial charge in [0.05, 0.1) is 0 Å². The maximum Gasteiger partial charge on any atom is 0.0327 e. The molecule has 2 aromatic carbocycles. The van der Waals surface area contributed by atoms with Crippen molar-refractivity contribution < 1.29 is 0 Å². The highest BCUT2D eigenvalue weighted by Gasteiger charge is 2.44. The first-order valence-corrected chi connectivity index (χ1v) is 7.51. The van der Waals surface area contributed by atoms with Crippen molar-refractivity contribution in [2.24, 2.45) is 0 Å². The van der Waals surface area contributed by atoms with Gasteiger partial charge < -0.3 is 0 Å². The molecule has 0 amide bonds. The third-order valence-electron chi connectivity index (χ3n) is 4.14. The molecule has 2 aromatic rings. The quantitative estimate of drug-likeness (QED) is 0.691. The van der Waals surface area contributed by atoms with Crippen LogP contribution in [0.25, 0.3) is 0 Å². The highest BCUT2D eigenvalue weighted by molar-refractivity contribution is 9.09. The van der Waals surface area contributed by atoms with Crippen molar-refractivity contribution in [3.8, 4) is 0 Å². The van der Waals surface area contributed by atoms with Crippen molar-refractivity contribution in [3.05, 3.63) is 71.8 Å². The highest BCUT2D eigenvalue weighted by atomic mass is 79.9. The summed E-state index contributed by atoms with van der Waals surface area (Å²) >= 11 is 3.94. The predicted molar refractivity (Wildman–Crippen MR) is 80.2 cm³/mol. The Balaban J connectivity index is 2.17. The average Bonchev–Trinajstić information content (AvgIpc) is 2.84. The second kappa shape index (κ2) is 4.89. The Hall–Kier alpha value is -1.08. The minimum atomic E-state index is 0.155. The standard InChI is InChI=1S/C17H17Br/c18-16-12-7-13-17(16,14-8-3-1-4-9-14)15-10-5-2-6-11-15/h1-6,8-11,16H,7,12-13H2. The lowest BCUT2D eigenvalue weighted by Crippen LogP contribution is -2.32. The Morgan fingerprint density at radius 3 is 1.72 bits per heavy atom. The maximum atomic E-state index is 3.94. The lowest BCUT2D eigenvalue weighted by Gasteiger charge is -2.34. The van der Waals surface area contributed by atoms with Gasteiger partial charge in [0, 0.05) is 10.2 Å². The summed E-state index contributed by atoms with van der Waals surface area (Å²) in [6.45, 7) is 0. The first-order valence-electron chi connectivity index (χ1n) is 6.59. The molecule has 92 valence electrons. The van der Waals surface area contributed by atoms with Crippen LogP contribution in [0.15, 0.2) is 60.7 Å². The molecule has 1 heteroatoms. The van der Waals surface area contributed by atoms with Gasteiger partial charge in [-0.2, -0.15) is 0 Å². The topological polar surface area (TPSA) is 0 Å². The van der Waals surface area contributed by atoms with Crippen LogP contribution >= 0.6 is 15.9 Å². The van der Waals surface area contributed by atoms with E-state index >= 15 is 0 Å². The zero-order valence-electron chi connectivity index (χ0n) is 10.4. The van der Waals surface area contributed by atoms with E-state index in [1.54, 1.807) is 0 Å². The first kappa shape index (κ1) is 12.0. The molecule has 1 saturated carbocycles. The van der Waals surface area contributed by atoms with Gasteiger partial charge >= 0.3 is 0 Å². The molecule has 0 N–H and O–H groups in total. The normalized spacial score (nSPS) is 21.9. The second-order valence-corrected chi connectivity index (χ2v) is 6.17. The number of halogens is 1. The molecule has 0 nitrogen and oxygen atoms in total. The largest absolute Gasteiger partial charge is 0.0877 e. The number of hydrogen-bond donors (Lipinski definition) is 0. The van der Waals surface area contributed by atoms with Crippen LogP contribution in [0.4, 0.5) is 0 Å². The van der Waals surface area contributed by atoms with Gasteiger partial charge in [-0.3, -0.25) is 0 Å². The molecular weight excluding hydrogens is 284 g/mol. The van der Waals surface area contributed by atoms with Gasteiger partial charge in [0.25, 0.3) is 0 Å². The predicted octanol–water partition coefficient (Wildman–Crippen LogP) is 4.92. The van der Waals surface area contributed by atoms with E-state index in [1.165, 1.54) is 30.4 Å². The van der Waals surface area contributed by atoms with E-state index in [0.29, 0.717) is 4.83 Å². The molecule has 1 atom stereocenters. The third kappa shape index (κ3) is 1.81. The number of rotatable bonds is 2. The minimum absolute atomic E-state index is 0.155. The van der Waals surface area contributed by atoms with Crippen LogP contribution in [0.3, 0.4) is 0 Å². The zero-order chi connectivity index (χ0) is 12.4. The molecule has 1 aliphatic rings. The van der Waals surface area contributed by atoms with Crippen molar-refractivity contribution >= 4 is 15.9 Å². The molecule has 0 radical (unpaired) electrons. The van der Waals surface area contributed by atoms with E-state index in [4.69, 9.17) is 0 Å². The number of benzene rings is 2. The lowest BCUT2D eigenvalue weighted by molar-refractivity contribution is 0.552. The van der Waals surface area contributed by atoms with Gasteiger partial charge in [0.15, 0.2) is 0 Å². The highest BCUT2D eigenvalue weighted by Crippen LogP contribution is 2.49. The molecule has 3 rings (SSSR count). The molecule has 0 spiro atoms. The van der Waals surface area contributed by atoms with Gasteiger partial charge in [-0.15, -0.1) is 0 Å². The molecule has 1 fully saturated rings. The van der Waals surface area contributed by atoms with E-state index in [0.717, 1.165) is 0 Å². The van der Waals surface area contributed by atoms with Crippen LogP contribution in [0.1, 0.15) is 30.4 Å². The van der Waals surface area contributed by atoms with Gasteiger partial charge in [-0.25, -0.2) is 0 Å². The van der Waals surface area contributed by atoms with Gasteiger partial charge in [-0.1, -0.05) is 83.0 Å². The van der Waals surface area contributed by atoms with E-state index < -0.39 is 0 Å². The fourth-order valence-electron chi connectivity index (χ4n) is 3.25. The lowest BCUT2D eigenvalue weighted by atomic mass is 9.73. The Kier molecular flexibility index (Phi) is 3.25. The average molecular weight is 301 g/mol. The number of alkyl halides is 1. The van der Waals surface area contributed by atoms with Crippen molar-refractivity contribution in [3.63, 3.8) is 0 Å². The molecule has 0 aliphatic heterocycles. The zero-order valence-corrected chi connectivity index (χ0v) is 11.9. The number of hydrogen-bond acceptors (Lipinski definition) is 0. The van der Waals surface area contributed by atoms with Crippen molar-refractivity contribution in [2.45, 2.75) is 29.5 Å². The summed E-state index contributed by atoms with van der Waals surface area (Å²) in [4.78, 5) is 0.537. The summed E-state index contributed by atoms with van der Waals surface area (Å²) in [5, 5.41) is 0. The summed E-state index contributed by atoms with van der Waals surface area (Å²) in [6, 6.07) is 21.9. The van der Waals surface area contributed by atoms with Crippen molar-refractivity contribution in [1.82, 2.24) is 0 Å². The van der Waals surface area contributed by atoms with Crippen LogP contribution in [0.5, 0.6) is 0 Å². The summed E-state index contributed by atoms with van der Waals surface area (Å²) in [5.41, 5.74) is 3.04. The van der Waals surface area contributed by atoms with Crippen LogP contribution in [-0.2, 0) is 5.41 Å². The molecule has 0 aromatic heterocycles. The Morgan fingerprint density at radius 1 is 0.833 bits per heavy atom. The van der Waals surface area contributed by atoms with Crippen molar-refractivity contribution in [1.29, 1.82) is 0 Å². The molecular formula is C17H17Br. The van der Waals surface area contributed by atoms with Crippen molar-refractivity contribution in [2.75, 3.05) is 0 Å². The van der Waals surface area contributed by atoms with Gasteiger partial charge in [-0.05, 0) is 24.0 Å². The molecule has 0 saturated heterocycles. The fourth-order valence-corrected chi connectivity index (χ4v) is 4.33. The summed E-state index contributed by atoms with van der Waals surface area (Å²) in [7, 11) is 0. The van der Waals surface area contributed by atoms with Crippen LogP contribution in [0, 0.1) is 0 Å². The molecule has 1 aliphatic carbocycles. The van der Waals surface area contributed by atoms with E-state index in [1.807, 2.05) is 0 Å². The smallest absolute Gasteiger partial charge is 0.0327 e. The van der Waals surface area contributed by atoms with E-state index in [9.17, 15) is 0 Å². The molecule has 0 bridgehead atoms. The SMILES string of the molecule is BrC1CCCC1(c1ccccc1)c1ccccc1. The molecule has 18 heavy (non-hydrogen) atoms. The Bertz CT molecular complexity index is 464. The Labute approximate surface area is 117 Å². The van der Waals surface area contributed by atoms with E-state index in [-0.39, 0.29) is 5.41 Å². The molecule has 0 heterocycles. The molecule has 1 unspecified atom stereocenters. The third-order valence-corrected chi connectivity index (χ3v) is 5.38.